The van der Waals surface area contributed by atoms with Crippen molar-refractivity contribution in [3.05, 3.63) is 95.6 Å². The molecular formula is C29H27F6N3O6. The van der Waals surface area contributed by atoms with Crippen molar-refractivity contribution in [2.75, 3.05) is 16.8 Å². The van der Waals surface area contributed by atoms with Gasteiger partial charge in [0, 0.05) is 23.5 Å². The molecule has 1 aliphatic carbocycles. The number of halogens is 6. The van der Waals surface area contributed by atoms with E-state index in [9.17, 15) is 35.9 Å². The third-order valence-corrected chi connectivity index (χ3v) is 5.96. The summed E-state index contributed by atoms with van der Waals surface area (Å²) in [5, 5.41) is 17.2. The van der Waals surface area contributed by atoms with Gasteiger partial charge in [0.05, 0.1) is 0 Å². The zero-order chi connectivity index (χ0) is 33.1. The third kappa shape index (κ3) is 10.4. The van der Waals surface area contributed by atoms with Gasteiger partial charge in [-0.15, -0.1) is 0 Å². The molecule has 4 rings (SSSR count). The molecule has 0 unspecified atom stereocenters. The van der Waals surface area contributed by atoms with Gasteiger partial charge in [0.1, 0.15) is 6.04 Å². The average molecular weight is 628 g/mol. The van der Waals surface area contributed by atoms with Gasteiger partial charge in [0.15, 0.2) is 0 Å². The number of carboxylic acid groups (broad SMARTS) is 2. The molecule has 3 aromatic carbocycles. The number of nitrogens with two attached hydrogens (primary N) is 1. The highest BCUT2D eigenvalue weighted by molar-refractivity contribution is 6.11. The van der Waals surface area contributed by atoms with Gasteiger partial charge in [-0.3, -0.25) is 14.5 Å². The normalized spacial score (nSPS) is 12.7. The Hall–Kier alpha value is -4.92. The summed E-state index contributed by atoms with van der Waals surface area (Å²) in [4.78, 5) is 45.8. The van der Waals surface area contributed by atoms with Crippen LogP contribution in [-0.2, 0) is 27.2 Å². The Balaban J connectivity index is 0.000000402. The minimum Gasteiger partial charge on any atom is -0.475 e. The van der Waals surface area contributed by atoms with Crippen molar-refractivity contribution < 1.29 is 55.7 Å². The number of carbonyl (C=O) groups excluding carboxylic acids is 2. The van der Waals surface area contributed by atoms with Crippen molar-refractivity contribution in [3.8, 4) is 0 Å². The zero-order valence-electron chi connectivity index (χ0n) is 22.7. The maximum absolute atomic E-state index is 13.3. The highest BCUT2D eigenvalue weighted by Crippen LogP contribution is 2.26. The summed E-state index contributed by atoms with van der Waals surface area (Å²) in [6.07, 6.45) is -6.91. The number of fused-ring (bicyclic) bond motifs is 1. The van der Waals surface area contributed by atoms with Crippen molar-refractivity contribution in [1.82, 2.24) is 0 Å². The largest absolute Gasteiger partial charge is 0.490 e. The summed E-state index contributed by atoms with van der Waals surface area (Å²) in [7, 11) is 0. The molecule has 2 amide bonds. The van der Waals surface area contributed by atoms with Crippen molar-refractivity contribution in [2.45, 2.75) is 37.7 Å². The van der Waals surface area contributed by atoms with Crippen LogP contribution < -0.4 is 16.0 Å². The molecule has 9 nitrogen and oxygen atoms in total. The predicted molar refractivity (Wildman–Crippen MR) is 147 cm³/mol. The van der Waals surface area contributed by atoms with E-state index in [-0.39, 0.29) is 18.4 Å². The van der Waals surface area contributed by atoms with Crippen LogP contribution in [0.1, 0.15) is 27.9 Å². The van der Waals surface area contributed by atoms with Crippen molar-refractivity contribution >= 4 is 35.1 Å². The molecule has 44 heavy (non-hydrogen) atoms. The molecule has 15 heteroatoms. The molecule has 236 valence electrons. The monoisotopic (exact) mass is 627 g/mol. The van der Waals surface area contributed by atoms with Crippen molar-refractivity contribution in [1.29, 1.82) is 0 Å². The first-order valence-corrected chi connectivity index (χ1v) is 12.7. The van der Waals surface area contributed by atoms with E-state index < -0.39 is 30.3 Å². The quantitative estimate of drug-likeness (QED) is 0.279. The van der Waals surface area contributed by atoms with E-state index in [2.05, 4.69) is 11.4 Å². The van der Waals surface area contributed by atoms with Crippen LogP contribution in [0.25, 0.3) is 0 Å². The summed E-state index contributed by atoms with van der Waals surface area (Å²) in [6, 6.07) is 23.3. The molecular weight excluding hydrogens is 600 g/mol. The summed E-state index contributed by atoms with van der Waals surface area (Å²) in [5.74, 6) is -6.08. The second kappa shape index (κ2) is 15.5. The SMILES string of the molecule is NC[C@@H](C(=O)Nc1ccc2c(c1)CCC2)N(C(=O)c1ccccc1)c1ccccc1.O=C(O)C(F)(F)F.O=C(O)C(F)(F)F. The number of alkyl halides is 6. The standard InChI is InChI=1S/C25H25N3O2.2C2HF3O2/c26-17-23(24(29)27-21-15-14-18-10-7-11-20(18)16-21)28(22-12-5-2-6-13-22)25(30)19-8-3-1-4-9-19;2*3-2(4,5)1(6)7/h1-6,8-9,12-16,23H,7,10-11,17,26H2,(H,27,29);2*(H,6,7)/t23-;;/m0../s1. The Kier molecular flexibility index (Phi) is 12.4. The number of anilines is 2. The lowest BCUT2D eigenvalue weighted by atomic mass is 10.1. The number of carbonyl (C=O) groups is 4. The van der Waals surface area contributed by atoms with Crippen LogP contribution >= 0.6 is 0 Å². The first kappa shape index (κ1) is 35.3. The van der Waals surface area contributed by atoms with E-state index in [4.69, 9.17) is 25.5 Å². The van der Waals surface area contributed by atoms with Gasteiger partial charge in [-0.2, -0.15) is 26.3 Å². The van der Waals surface area contributed by atoms with Crippen LogP contribution in [0.15, 0.2) is 78.9 Å². The molecule has 0 saturated carbocycles. The third-order valence-electron chi connectivity index (χ3n) is 5.96. The maximum atomic E-state index is 13.3. The molecule has 0 spiro atoms. The molecule has 0 heterocycles. The Morgan fingerprint density at radius 1 is 0.773 bits per heavy atom. The van der Waals surface area contributed by atoms with Gasteiger partial charge >= 0.3 is 24.3 Å². The van der Waals surface area contributed by atoms with E-state index in [1.54, 1.807) is 24.3 Å². The fourth-order valence-electron chi connectivity index (χ4n) is 3.95. The molecule has 0 saturated heterocycles. The summed E-state index contributed by atoms with van der Waals surface area (Å²) in [6.45, 7) is 0.00421. The molecule has 0 fully saturated rings. The van der Waals surface area contributed by atoms with Gasteiger partial charge in [0.2, 0.25) is 5.91 Å². The molecule has 1 atom stereocenters. The highest BCUT2D eigenvalue weighted by Gasteiger charge is 2.39. The summed E-state index contributed by atoms with van der Waals surface area (Å²) < 4.78 is 63.5. The number of amides is 2. The lowest BCUT2D eigenvalue weighted by Crippen LogP contribution is -2.51. The topological polar surface area (TPSA) is 150 Å². The summed E-state index contributed by atoms with van der Waals surface area (Å²) >= 11 is 0. The lowest BCUT2D eigenvalue weighted by Gasteiger charge is -2.30. The van der Waals surface area contributed by atoms with Crippen molar-refractivity contribution in [2.24, 2.45) is 5.73 Å². The number of benzene rings is 3. The predicted octanol–water partition coefficient (Wildman–Crippen LogP) is 5.05. The smallest absolute Gasteiger partial charge is 0.475 e. The molecule has 0 radical (unpaired) electrons. The van der Waals surface area contributed by atoms with Crippen LogP contribution in [0.4, 0.5) is 37.7 Å². The van der Waals surface area contributed by atoms with E-state index >= 15 is 0 Å². The van der Waals surface area contributed by atoms with Crippen LogP contribution in [-0.4, -0.2) is 58.9 Å². The van der Waals surface area contributed by atoms with Gasteiger partial charge in [-0.25, -0.2) is 9.59 Å². The number of para-hydroxylation sites is 1. The van der Waals surface area contributed by atoms with Gasteiger partial charge < -0.3 is 21.3 Å². The zero-order valence-corrected chi connectivity index (χ0v) is 22.7. The number of aryl methyl sites for hydroxylation is 2. The fourth-order valence-corrected chi connectivity index (χ4v) is 3.95. The number of rotatable bonds is 6. The van der Waals surface area contributed by atoms with E-state index in [0.717, 1.165) is 24.9 Å². The number of nitrogens with zero attached hydrogens (tertiary/aromatic N) is 1. The van der Waals surface area contributed by atoms with Crippen molar-refractivity contribution in [3.63, 3.8) is 0 Å². The van der Waals surface area contributed by atoms with Gasteiger partial charge in [-0.1, -0.05) is 42.5 Å². The fraction of sp³-hybridized carbons (Fsp3) is 0.241. The molecule has 0 bridgehead atoms. The number of hydrogen-bond donors (Lipinski definition) is 4. The maximum Gasteiger partial charge on any atom is 0.490 e. The Bertz CT molecular complexity index is 1410. The lowest BCUT2D eigenvalue weighted by molar-refractivity contribution is -0.193. The molecule has 0 aliphatic heterocycles. The number of hydrogen-bond acceptors (Lipinski definition) is 5. The first-order chi connectivity index (χ1) is 20.6. The molecule has 5 N–H and O–H groups in total. The Morgan fingerprint density at radius 3 is 1.73 bits per heavy atom. The summed E-state index contributed by atoms with van der Waals surface area (Å²) in [5.41, 5.74) is 10.5. The van der Waals surface area contributed by atoms with Crippen LogP contribution in [0.3, 0.4) is 0 Å². The van der Waals surface area contributed by atoms with Crippen LogP contribution in [0.2, 0.25) is 0 Å². The minimum atomic E-state index is -5.08. The highest BCUT2D eigenvalue weighted by atomic mass is 19.4. The van der Waals surface area contributed by atoms with Crippen LogP contribution in [0, 0.1) is 0 Å². The van der Waals surface area contributed by atoms with Gasteiger partial charge in [-0.05, 0) is 66.8 Å². The number of nitrogens with one attached hydrogen (secondary N) is 1. The number of carboxylic acids is 2. The minimum absolute atomic E-state index is 0.00421. The Morgan fingerprint density at radius 2 is 1.25 bits per heavy atom. The van der Waals surface area contributed by atoms with Gasteiger partial charge in [0.25, 0.3) is 5.91 Å². The number of aliphatic carboxylic acids is 2. The van der Waals surface area contributed by atoms with Crippen LogP contribution in [0.5, 0.6) is 0 Å². The van der Waals surface area contributed by atoms with E-state index in [1.807, 2.05) is 48.5 Å². The molecule has 0 aromatic heterocycles. The molecule has 1 aliphatic rings. The average Bonchev–Trinajstić information content (AvgIpc) is 3.44. The van der Waals surface area contributed by atoms with E-state index in [1.165, 1.54) is 16.0 Å². The molecule has 3 aromatic rings. The second-order valence-corrected chi connectivity index (χ2v) is 9.06. The first-order valence-electron chi connectivity index (χ1n) is 12.7. The van der Waals surface area contributed by atoms with E-state index in [0.29, 0.717) is 11.3 Å². The second-order valence-electron chi connectivity index (χ2n) is 9.06. The Labute approximate surface area is 246 Å².